The van der Waals surface area contributed by atoms with Gasteiger partial charge in [-0.25, -0.2) is 0 Å². The van der Waals surface area contributed by atoms with Crippen LogP contribution in [0, 0.1) is 0 Å². The van der Waals surface area contributed by atoms with Crippen LogP contribution in [0.3, 0.4) is 0 Å². The van der Waals surface area contributed by atoms with Crippen molar-refractivity contribution in [3.63, 3.8) is 0 Å². The molecular weight excluding hydrogens is 364 g/mol. The van der Waals surface area contributed by atoms with Crippen LogP contribution in [0.4, 0.5) is 0 Å². The molecule has 5 heteroatoms. The highest BCUT2D eigenvalue weighted by molar-refractivity contribution is 7.99. The van der Waals surface area contributed by atoms with E-state index in [9.17, 15) is 0 Å². The van der Waals surface area contributed by atoms with Crippen LogP contribution in [0.15, 0.2) is 83.0 Å². The van der Waals surface area contributed by atoms with Gasteiger partial charge in [-0.3, -0.25) is 4.98 Å². The largest absolute Gasteiger partial charge is 0.495 e. The lowest BCUT2D eigenvalue weighted by Crippen LogP contribution is -2.00. The minimum atomic E-state index is 0.708. The molecule has 0 N–H and O–H groups in total. The third kappa shape index (κ3) is 3.43. The van der Waals surface area contributed by atoms with Gasteiger partial charge in [0, 0.05) is 43.7 Å². The molecule has 2 aromatic carbocycles. The van der Waals surface area contributed by atoms with Gasteiger partial charge in [0.25, 0.3) is 0 Å². The van der Waals surface area contributed by atoms with Crippen molar-refractivity contribution in [1.82, 2.24) is 9.55 Å². The molecule has 0 amide bonds. The van der Waals surface area contributed by atoms with Crippen LogP contribution in [0.25, 0.3) is 10.9 Å². The predicted octanol–water partition coefficient (Wildman–Crippen LogP) is 5.90. The molecule has 0 radical (unpaired) electrons. The smallest absolute Gasteiger partial charge is 0.142 e. The second kappa shape index (κ2) is 7.44. The summed E-state index contributed by atoms with van der Waals surface area (Å²) in [6, 6.07) is 18.4. The van der Waals surface area contributed by atoms with Crippen LogP contribution in [0.1, 0.15) is 5.56 Å². The molecule has 4 aromatic rings. The van der Waals surface area contributed by atoms with Gasteiger partial charge < -0.3 is 9.30 Å². The molecule has 0 saturated heterocycles. The predicted molar refractivity (Wildman–Crippen MR) is 107 cm³/mol. The van der Waals surface area contributed by atoms with Gasteiger partial charge in [0.05, 0.1) is 19.9 Å². The van der Waals surface area contributed by atoms with E-state index in [4.69, 9.17) is 16.3 Å². The first-order valence-electron chi connectivity index (χ1n) is 8.23. The van der Waals surface area contributed by atoms with Crippen molar-refractivity contribution in [3.8, 4) is 5.75 Å². The molecule has 0 aliphatic carbocycles. The Balaban J connectivity index is 1.78. The molecule has 0 fully saturated rings. The first kappa shape index (κ1) is 17.0. The van der Waals surface area contributed by atoms with Crippen LogP contribution in [0.5, 0.6) is 5.75 Å². The molecule has 0 atom stereocenters. The van der Waals surface area contributed by atoms with E-state index in [0.717, 1.165) is 27.2 Å². The molecule has 2 aromatic heterocycles. The summed E-state index contributed by atoms with van der Waals surface area (Å²) < 4.78 is 7.68. The average Bonchev–Trinajstić information content (AvgIpc) is 2.99. The molecule has 0 saturated carbocycles. The first-order valence-corrected chi connectivity index (χ1v) is 9.42. The Kier molecular flexibility index (Phi) is 4.87. The quantitative estimate of drug-likeness (QED) is 0.431. The highest BCUT2D eigenvalue weighted by Crippen LogP contribution is 2.36. The second-order valence-electron chi connectivity index (χ2n) is 5.89. The zero-order chi connectivity index (χ0) is 17.9. The minimum absolute atomic E-state index is 0.708. The maximum absolute atomic E-state index is 6.26. The number of nitrogens with zero attached hydrogens (tertiary/aromatic N) is 2. The van der Waals surface area contributed by atoms with Crippen molar-refractivity contribution in [1.29, 1.82) is 0 Å². The SMILES string of the molecule is COc1cnccc1Cn1cc(Sc2ccccc2)c2cc(Cl)ccc21. The summed E-state index contributed by atoms with van der Waals surface area (Å²) in [5, 5.41) is 1.89. The van der Waals surface area contributed by atoms with Gasteiger partial charge >= 0.3 is 0 Å². The topological polar surface area (TPSA) is 27.1 Å². The molecule has 2 heterocycles. The summed E-state index contributed by atoms with van der Waals surface area (Å²) in [7, 11) is 1.67. The first-order chi connectivity index (χ1) is 12.7. The number of ether oxygens (including phenoxy) is 1. The lowest BCUT2D eigenvalue weighted by molar-refractivity contribution is 0.406. The standard InChI is InChI=1S/C21H17ClN2OS/c1-25-20-12-23-10-9-15(20)13-24-14-21(26-17-5-3-2-4-6-17)18-11-16(22)7-8-19(18)24/h2-12,14H,13H2,1H3. The normalized spacial score (nSPS) is 11.0. The number of aromatic nitrogens is 2. The summed E-state index contributed by atoms with van der Waals surface area (Å²) in [5.41, 5.74) is 2.23. The fraction of sp³-hybridized carbons (Fsp3) is 0.0952. The number of rotatable bonds is 5. The molecule has 0 unspecified atom stereocenters. The third-order valence-electron chi connectivity index (χ3n) is 4.21. The van der Waals surface area contributed by atoms with Crippen molar-refractivity contribution in [2.45, 2.75) is 16.3 Å². The zero-order valence-corrected chi connectivity index (χ0v) is 15.8. The Hall–Kier alpha value is -2.43. The van der Waals surface area contributed by atoms with Crippen LogP contribution >= 0.6 is 23.4 Å². The molecule has 0 spiro atoms. The van der Waals surface area contributed by atoms with Gasteiger partial charge in [0.2, 0.25) is 0 Å². The second-order valence-corrected chi connectivity index (χ2v) is 7.44. The van der Waals surface area contributed by atoms with E-state index in [1.54, 1.807) is 31.3 Å². The van der Waals surface area contributed by atoms with Crippen LogP contribution in [0.2, 0.25) is 5.02 Å². The Bertz CT molecular complexity index is 1050. The molecule has 26 heavy (non-hydrogen) atoms. The molecule has 3 nitrogen and oxygen atoms in total. The van der Waals surface area contributed by atoms with Crippen LogP contribution in [-0.2, 0) is 6.54 Å². The summed E-state index contributed by atoms with van der Waals surface area (Å²) >= 11 is 8.01. The molecular formula is C21H17ClN2OS. The third-order valence-corrected chi connectivity index (χ3v) is 5.50. The zero-order valence-electron chi connectivity index (χ0n) is 14.2. The highest BCUT2D eigenvalue weighted by atomic mass is 35.5. The maximum Gasteiger partial charge on any atom is 0.142 e. The van der Waals surface area contributed by atoms with Gasteiger partial charge in [-0.1, -0.05) is 41.6 Å². The van der Waals surface area contributed by atoms with Crippen molar-refractivity contribution in [2.75, 3.05) is 7.11 Å². The van der Waals surface area contributed by atoms with Crippen molar-refractivity contribution in [2.24, 2.45) is 0 Å². The van der Waals surface area contributed by atoms with Crippen LogP contribution < -0.4 is 4.74 Å². The number of halogens is 1. The van der Waals surface area contributed by atoms with Crippen LogP contribution in [-0.4, -0.2) is 16.7 Å². The van der Waals surface area contributed by atoms with Crippen molar-refractivity contribution < 1.29 is 4.74 Å². The van der Waals surface area contributed by atoms with E-state index >= 15 is 0 Å². The Morgan fingerprint density at radius 1 is 1.12 bits per heavy atom. The number of fused-ring (bicyclic) bond motifs is 1. The summed E-state index contributed by atoms with van der Waals surface area (Å²) in [6.07, 6.45) is 5.72. The summed E-state index contributed by atoms with van der Waals surface area (Å²) in [4.78, 5) is 6.52. The molecule has 130 valence electrons. The average molecular weight is 381 g/mol. The number of pyridine rings is 1. The van der Waals surface area contributed by atoms with Gasteiger partial charge in [0.15, 0.2) is 0 Å². The van der Waals surface area contributed by atoms with E-state index in [0.29, 0.717) is 6.54 Å². The van der Waals surface area contributed by atoms with Gasteiger partial charge in [0.1, 0.15) is 5.75 Å². The lowest BCUT2D eigenvalue weighted by atomic mass is 10.2. The molecule has 4 rings (SSSR count). The van der Waals surface area contributed by atoms with E-state index in [-0.39, 0.29) is 0 Å². The van der Waals surface area contributed by atoms with Gasteiger partial charge in [-0.2, -0.15) is 0 Å². The molecule has 0 aliphatic heterocycles. The lowest BCUT2D eigenvalue weighted by Gasteiger charge is -2.09. The van der Waals surface area contributed by atoms with E-state index in [1.807, 2.05) is 24.3 Å². The van der Waals surface area contributed by atoms with Gasteiger partial charge in [-0.05, 0) is 36.4 Å². The highest BCUT2D eigenvalue weighted by Gasteiger charge is 2.12. The Morgan fingerprint density at radius 2 is 1.96 bits per heavy atom. The van der Waals surface area contributed by atoms with Crippen molar-refractivity contribution in [3.05, 3.63) is 83.8 Å². The fourth-order valence-corrected chi connectivity index (χ4v) is 4.14. The molecule has 0 aliphatic rings. The summed E-state index contributed by atoms with van der Waals surface area (Å²) in [6.45, 7) is 0.708. The fourth-order valence-electron chi connectivity index (χ4n) is 2.97. The number of hydrogen-bond donors (Lipinski definition) is 0. The number of benzene rings is 2. The summed E-state index contributed by atoms with van der Waals surface area (Å²) in [5.74, 6) is 0.792. The van der Waals surface area contributed by atoms with E-state index in [2.05, 4.69) is 46.1 Å². The number of hydrogen-bond acceptors (Lipinski definition) is 3. The monoisotopic (exact) mass is 380 g/mol. The Labute approximate surface area is 161 Å². The number of methoxy groups -OCH3 is 1. The van der Waals surface area contributed by atoms with Crippen molar-refractivity contribution >= 4 is 34.3 Å². The van der Waals surface area contributed by atoms with E-state index < -0.39 is 0 Å². The van der Waals surface area contributed by atoms with E-state index in [1.165, 1.54) is 9.79 Å². The van der Waals surface area contributed by atoms with Gasteiger partial charge in [-0.15, -0.1) is 0 Å². The molecule has 0 bridgehead atoms. The maximum atomic E-state index is 6.26. The minimum Gasteiger partial charge on any atom is -0.495 e. The Morgan fingerprint density at radius 3 is 2.77 bits per heavy atom.